The van der Waals surface area contributed by atoms with E-state index in [2.05, 4.69) is 11.0 Å². The SMILES string of the molecule is COc1ccccc1[O][Ga]([CH3])[CH3]. The number of hydrogen-bond acceptors (Lipinski definition) is 2. The molecule has 0 aromatic heterocycles. The van der Waals surface area contributed by atoms with Gasteiger partial charge in [0.1, 0.15) is 0 Å². The molecule has 1 rings (SSSR count). The molecule has 1 aromatic carbocycles. The van der Waals surface area contributed by atoms with E-state index in [1.165, 1.54) is 0 Å². The number of rotatable bonds is 3. The Kier molecular flexibility index (Phi) is 3.56. The van der Waals surface area contributed by atoms with Gasteiger partial charge in [0, 0.05) is 0 Å². The third-order valence-corrected chi connectivity index (χ3v) is 2.95. The van der Waals surface area contributed by atoms with E-state index >= 15 is 0 Å². The summed E-state index contributed by atoms with van der Waals surface area (Å²) in [4.78, 5) is 0. The van der Waals surface area contributed by atoms with E-state index in [0.717, 1.165) is 11.5 Å². The van der Waals surface area contributed by atoms with E-state index in [4.69, 9.17) is 8.27 Å². The average molecular weight is 223 g/mol. The van der Waals surface area contributed by atoms with Gasteiger partial charge in [-0.25, -0.2) is 0 Å². The Bertz CT molecular complexity index is 248. The Morgan fingerprint density at radius 3 is 2.17 bits per heavy atom. The maximum atomic E-state index is 5.70. The van der Waals surface area contributed by atoms with Crippen LogP contribution in [0.15, 0.2) is 24.3 Å². The van der Waals surface area contributed by atoms with Crippen molar-refractivity contribution in [1.29, 1.82) is 0 Å². The van der Waals surface area contributed by atoms with Crippen LogP contribution in [-0.4, -0.2) is 23.7 Å². The molecule has 64 valence electrons. The summed E-state index contributed by atoms with van der Waals surface area (Å²) in [7, 11) is 1.66. The van der Waals surface area contributed by atoms with Crippen LogP contribution in [0.2, 0.25) is 11.0 Å². The van der Waals surface area contributed by atoms with E-state index in [9.17, 15) is 0 Å². The van der Waals surface area contributed by atoms with Gasteiger partial charge in [0.15, 0.2) is 0 Å². The third kappa shape index (κ3) is 2.50. The number of ether oxygens (including phenoxy) is 1. The van der Waals surface area contributed by atoms with E-state index in [0.29, 0.717) is 0 Å². The molecule has 0 fully saturated rings. The summed E-state index contributed by atoms with van der Waals surface area (Å²) in [6, 6.07) is 7.77. The first-order valence-corrected chi connectivity index (χ1v) is 9.87. The summed E-state index contributed by atoms with van der Waals surface area (Å²) in [6.07, 6.45) is 0. The summed E-state index contributed by atoms with van der Waals surface area (Å²) < 4.78 is 10.8. The van der Waals surface area contributed by atoms with E-state index in [1.54, 1.807) is 7.11 Å². The minimum absolute atomic E-state index is 0.830. The van der Waals surface area contributed by atoms with Crippen LogP contribution in [0.25, 0.3) is 0 Å². The molecule has 1 aromatic rings. The second-order valence-corrected chi connectivity index (χ2v) is 7.71. The molecule has 0 heterocycles. The molecule has 2 nitrogen and oxygen atoms in total. The minimum atomic E-state index is -1.44. The zero-order valence-electron chi connectivity index (χ0n) is 7.70. The number of para-hydroxylation sites is 2. The van der Waals surface area contributed by atoms with Gasteiger partial charge in [-0.2, -0.15) is 0 Å². The fourth-order valence-electron chi connectivity index (χ4n) is 0.970. The summed E-state index contributed by atoms with van der Waals surface area (Å²) in [5, 5.41) is 0. The van der Waals surface area contributed by atoms with Gasteiger partial charge >= 0.3 is 78.7 Å². The van der Waals surface area contributed by atoms with Crippen molar-refractivity contribution in [2.24, 2.45) is 0 Å². The van der Waals surface area contributed by atoms with E-state index in [-0.39, 0.29) is 0 Å². The predicted octanol–water partition coefficient (Wildman–Crippen LogP) is 2.33. The maximum absolute atomic E-state index is 5.70. The Labute approximate surface area is 78.9 Å². The number of hydrogen-bond donors (Lipinski definition) is 0. The summed E-state index contributed by atoms with van der Waals surface area (Å²) in [5.74, 6) is 1.71. The van der Waals surface area contributed by atoms with Gasteiger partial charge in [0.25, 0.3) is 0 Å². The van der Waals surface area contributed by atoms with Crippen LogP contribution in [0.5, 0.6) is 11.5 Å². The van der Waals surface area contributed by atoms with Crippen molar-refractivity contribution in [2.45, 2.75) is 11.0 Å². The van der Waals surface area contributed by atoms with Crippen LogP contribution in [0, 0.1) is 0 Å². The summed E-state index contributed by atoms with van der Waals surface area (Å²) in [6.45, 7) is 0. The summed E-state index contributed by atoms with van der Waals surface area (Å²) >= 11 is -1.44. The van der Waals surface area contributed by atoms with Crippen LogP contribution >= 0.6 is 0 Å². The monoisotopic (exact) mass is 222 g/mol. The van der Waals surface area contributed by atoms with Crippen molar-refractivity contribution in [3.63, 3.8) is 0 Å². The molecular formula is C9H13GaO2. The molecule has 0 saturated carbocycles. The average Bonchev–Trinajstić information content (AvgIpc) is 2.04. The molecule has 0 unspecified atom stereocenters. The predicted molar refractivity (Wildman–Crippen MR) is 51.1 cm³/mol. The van der Waals surface area contributed by atoms with Gasteiger partial charge in [-0.15, -0.1) is 0 Å². The fourth-order valence-corrected chi connectivity index (χ4v) is 2.44. The molecule has 0 aliphatic rings. The first-order valence-electron chi connectivity index (χ1n) is 4.03. The van der Waals surface area contributed by atoms with Crippen LogP contribution < -0.4 is 8.27 Å². The molecule has 0 radical (unpaired) electrons. The van der Waals surface area contributed by atoms with Crippen LogP contribution in [0.4, 0.5) is 0 Å². The first-order chi connectivity index (χ1) is 5.74. The topological polar surface area (TPSA) is 18.5 Å². The molecule has 0 atom stereocenters. The van der Waals surface area contributed by atoms with E-state index < -0.39 is 16.6 Å². The van der Waals surface area contributed by atoms with Crippen LogP contribution in [0.3, 0.4) is 0 Å². The second-order valence-electron chi connectivity index (χ2n) is 2.82. The van der Waals surface area contributed by atoms with E-state index in [1.807, 2.05) is 24.3 Å². The Morgan fingerprint density at radius 2 is 1.67 bits per heavy atom. The van der Waals surface area contributed by atoms with Gasteiger partial charge in [-0.1, -0.05) is 0 Å². The van der Waals surface area contributed by atoms with Crippen molar-refractivity contribution in [3.05, 3.63) is 24.3 Å². The van der Waals surface area contributed by atoms with Crippen molar-refractivity contribution in [3.8, 4) is 11.5 Å². The molecule has 0 amide bonds. The van der Waals surface area contributed by atoms with Gasteiger partial charge in [0.05, 0.1) is 0 Å². The Balaban J connectivity index is 2.82. The van der Waals surface area contributed by atoms with Gasteiger partial charge in [0.2, 0.25) is 0 Å². The van der Waals surface area contributed by atoms with Crippen LogP contribution in [-0.2, 0) is 0 Å². The van der Waals surface area contributed by atoms with Crippen LogP contribution in [0.1, 0.15) is 0 Å². The molecule has 12 heavy (non-hydrogen) atoms. The van der Waals surface area contributed by atoms with Gasteiger partial charge < -0.3 is 0 Å². The van der Waals surface area contributed by atoms with Gasteiger partial charge in [-0.3, -0.25) is 0 Å². The molecule has 3 heteroatoms. The second kappa shape index (κ2) is 4.47. The quantitative estimate of drug-likeness (QED) is 0.732. The number of benzene rings is 1. The molecule has 0 saturated heterocycles. The van der Waals surface area contributed by atoms with Crippen molar-refractivity contribution < 1.29 is 8.27 Å². The van der Waals surface area contributed by atoms with Crippen molar-refractivity contribution >= 4 is 16.6 Å². The van der Waals surface area contributed by atoms with Crippen molar-refractivity contribution in [2.75, 3.05) is 7.11 Å². The van der Waals surface area contributed by atoms with Crippen molar-refractivity contribution in [1.82, 2.24) is 0 Å². The first kappa shape index (κ1) is 9.54. The summed E-state index contributed by atoms with van der Waals surface area (Å²) in [5.41, 5.74) is 4.36. The Hall–Kier alpha value is -0.544. The molecule has 0 aliphatic heterocycles. The number of methoxy groups -OCH3 is 1. The molecular weight excluding hydrogens is 210 g/mol. The standard InChI is InChI=1S/C7H8O2.2CH3.Ga/c1-9-7-5-3-2-4-6(7)8;;;/h2-5,8H,1H3;2*1H3;/q;;;+1/p-1. The molecule has 0 N–H and O–H groups in total. The third-order valence-electron chi connectivity index (χ3n) is 1.43. The zero-order valence-corrected chi connectivity index (χ0v) is 10.1. The molecule has 0 bridgehead atoms. The normalized spacial score (nSPS) is 9.25. The Morgan fingerprint density at radius 1 is 1.08 bits per heavy atom. The van der Waals surface area contributed by atoms with Gasteiger partial charge in [-0.05, 0) is 0 Å². The zero-order chi connectivity index (χ0) is 8.97. The molecule has 0 aliphatic carbocycles. The fraction of sp³-hybridized carbons (Fsp3) is 0.333. The molecule has 0 spiro atoms.